The highest BCUT2D eigenvalue weighted by Gasteiger charge is 2.05. The molecule has 134 valence electrons. The lowest BCUT2D eigenvalue weighted by Gasteiger charge is -2.11. The Balaban J connectivity index is 1.99. The number of unbranched alkanes of at least 4 members (excludes halogenated alkanes) is 1. The summed E-state index contributed by atoms with van der Waals surface area (Å²) in [6.45, 7) is 2.76. The first kappa shape index (κ1) is 19.1. The molecular formula is C21H22N2O3. The quantitative estimate of drug-likeness (QED) is 0.566. The Morgan fingerprint density at radius 1 is 1.19 bits per heavy atom. The summed E-state index contributed by atoms with van der Waals surface area (Å²) >= 11 is 0. The van der Waals surface area contributed by atoms with Crippen molar-refractivity contribution in [2.45, 2.75) is 19.8 Å². The van der Waals surface area contributed by atoms with Crippen molar-refractivity contribution in [1.82, 2.24) is 0 Å². The molecule has 2 aromatic rings. The van der Waals surface area contributed by atoms with Crippen LogP contribution in [0.4, 0.5) is 5.69 Å². The first-order valence-corrected chi connectivity index (χ1v) is 8.46. The van der Waals surface area contributed by atoms with E-state index in [2.05, 4.69) is 12.2 Å². The SMILES string of the molecule is CCCCOc1ccc(/C=C/C(=O)Nc2ccc(C#N)cc2)cc1OC. The Morgan fingerprint density at radius 3 is 2.62 bits per heavy atom. The van der Waals surface area contributed by atoms with E-state index in [4.69, 9.17) is 14.7 Å². The Labute approximate surface area is 153 Å². The molecule has 0 radical (unpaired) electrons. The second-order valence-electron chi connectivity index (χ2n) is 5.62. The summed E-state index contributed by atoms with van der Waals surface area (Å²) in [5.74, 6) is 1.08. The number of anilines is 1. The highest BCUT2D eigenvalue weighted by atomic mass is 16.5. The van der Waals surface area contributed by atoms with Crippen molar-refractivity contribution in [2.24, 2.45) is 0 Å². The zero-order valence-electron chi connectivity index (χ0n) is 15.0. The summed E-state index contributed by atoms with van der Waals surface area (Å²) in [5, 5.41) is 11.5. The summed E-state index contributed by atoms with van der Waals surface area (Å²) in [7, 11) is 1.59. The highest BCUT2D eigenvalue weighted by Crippen LogP contribution is 2.28. The number of nitriles is 1. The molecule has 2 aromatic carbocycles. The van der Waals surface area contributed by atoms with Crippen LogP contribution in [0.3, 0.4) is 0 Å². The van der Waals surface area contributed by atoms with Gasteiger partial charge in [-0.05, 0) is 54.5 Å². The molecule has 0 fully saturated rings. The third-order valence-corrected chi connectivity index (χ3v) is 3.65. The Kier molecular flexibility index (Phi) is 7.26. The standard InChI is InChI=1S/C21H22N2O3/c1-3-4-13-26-19-11-7-16(14-20(19)25-2)8-12-21(24)23-18-9-5-17(15-22)6-10-18/h5-12,14H,3-4,13H2,1-2H3,(H,23,24)/b12-8+. The predicted molar refractivity (Wildman–Crippen MR) is 102 cm³/mol. The third-order valence-electron chi connectivity index (χ3n) is 3.65. The number of methoxy groups -OCH3 is 1. The van der Waals surface area contributed by atoms with Crippen LogP contribution in [-0.2, 0) is 4.79 Å². The van der Waals surface area contributed by atoms with Crippen molar-refractivity contribution in [2.75, 3.05) is 19.0 Å². The van der Waals surface area contributed by atoms with Crippen LogP contribution in [0.5, 0.6) is 11.5 Å². The average Bonchev–Trinajstić information content (AvgIpc) is 2.67. The molecule has 5 heteroatoms. The number of hydrogen-bond acceptors (Lipinski definition) is 4. The predicted octanol–water partition coefficient (Wildman–Crippen LogP) is 4.40. The maximum atomic E-state index is 12.0. The highest BCUT2D eigenvalue weighted by molar-refractivity contribution is 6.01. The molecule has 0 bridgehead atoms. The first-order valence-electron chi connectivity index (χ1n) is 8.46. The van der Waals surface area contributed by atoms with E-state index in [1.807, 2.05) is 24.3 Å². The van der Waals surface area contributed by atoms with E-state index in [0.29, 0.717) is 29.4 Å². The lowest BCUT2D eigenvalue weighted by molar-refractivity contribution is -0.111. The van der Waals surface area contributed by atoms with Gasteiger partial charge in [-0.25, -0.2) is 0 Å². The Hall–Kier alpha value is -3.26. The number of benzene rings is 2. The van der Waals surface area contributed by atoms with Crippen molar-refractivity contribution in [3.8, 4) is 17.6 Å². The number of hydrogen-bond donors (Lipinski definition) is 1. The number of rotatable bonds is 8. The summed E-state index contributed by atoms with van der Waals surface area (Å²) in [6.07, 6.45) is 5.21. The van der Waals surface area contributed by atoms with Gasteiger partial charge in [-0.3, -0.25) is 4.79 Å². The molecule has 1 amide bonds. The fourth-order valence-electron chi connectivity index (χ4n) is 2.22. The topological polar surface area (TPSA) is 71.3 Å². The molecule has 0 spiro atoms. The number of nitrogens with zero attached hydrogens (tertiary/aromatic N) is 1. The molecule has 0 saturated heterocycles. The van der Waals surface area contributed by atoms with Crippen LogP contribution in [0.25, 0.3) is 6.08 Å². The van der Waals surface area contributed by atoms with E-state index in [9.17, 15) is 4.79 Å². The molecule has 26 heavy (non-hydrogen) atoms. The van der Waals surface area contributed by atoms with Crippen LogP contribution in [-0.4, -0.2) is 19.6 Å². The van der Waals surface area contributed by atoms with Gasteiger partial charge in [-0.1, -0.05) is 19.4 Å². The monoisotopic (exact) mass is 350 g/mol. The minimum Gasteiger partial charge on any atom is -0.493 e. The zero-order valence-corrected chi connectivity index (χ0v) is 15.0. The van der Waals surface area contributed by atoms with E-state index >= 15 is 0 Å². The molecule has 0 aliphatic heterocycles. The summed E-state index contributed by atoms with van der Waals surface area (Å²) in [6, 6.07) is 14.3. The third kappa shape index (κ3) is 5.67. The van der Waals surface area contributed by atoms with E-state index in [1.165, 1.54) is 6.08 Å². The fraction of sp³-hybridized carbons (Fsp3) is 0.238. The fourth-order valence-corrected chi connectivity index (χ4v) is 2.22. The van der Waals surface area contributed by atoms with Gasteiger partial charge in [0.2, 0.25) is 5.91 Å². The largest absolute Gasteiger partial charge is 0.493 e. The van der Waals surface area contributed by atoms with Crippen LogP contribution in [0.1, 0.15) is 30.9 Å². The second-order valence-corrected chi connectivity index (χ2v) is 5.62. The van der Waals surface area contributed by atoms with Crippen molar-refractivity contribution in [3.05, 3.63) is 59.7 Å². The van der Waals surface area contributed by atoms with Crippen molar-refractivity contribution in [3.63, 3.8) is 0 Å². The van der Waals surface area contributed by atoms with Crippen LogP contribution < -0.4 is 14.8 Å². The number of carbonyl (C=O) groups excluding carboxylic acids is 1. The minimum absolute atomic E-state index is 0.253. The molecule has 0 saturated carbocycles. The summed E-state index contributed by atoms with van der Waals surface area (Å²) in [4.78, 5) is 12.0. The van der Waals surface area contributed by atoms with E-state index in [0.717, 1.165) is 18.4 Å². The second kappa shape index (κ2) is 9.90. The molecule has 0 aliphatic rings. The number of nitrogens with one attached hydrogen (secondary N) is 1. The molecule has 0 aromatic heterocycles. The van der Waals surface area contributed by atoms with Crippen LogP contribution in [0.2, 0.25) is 0 Å². The van der Waals surface area contributed by atoms with E-state index < -0.39 is 0 Å². The molecule has 1 N–H and O–H groups in total. The molecular weight excluding hydrogens is 328 g/mol. The van der Waals surface area contributed by atoms with Crippen molar-refractivity contribution < 1.29 is 14.3 Å². The molecule has 0 atom stereocenters. The minimum atomic E-state index is -0.253. The normalized spacial score (nSPS) is 10.3. The van der Waals surface area contributed by atoms with Gasteiger partial charge < -0.3 is 14.8 Å². The number of carbonyl (C=O) groups is 1. The van der Waals surface area contributed by atoms with Gasteiger partial charge in [0.05, 0.1) is 25.3 Å². The van der Waals surface area contributed by atoms with Crippen molar-refractivity contribution in [1.29, 1.82) is 5.26 Å². The van der Waals surface area contributed by atoms with E-state index in [-0.39, 0.29) is 5.91 Å². The maximum Gasteiger partial charge on any atom is 0.248 e. The van der Waals surface area contributed by atoms with Gasteiger partial charge >= 0.3 is 0 Å². The van der Waals surface area contributed by atoms with Gasteiger partial charge in [0.1, 0.15) is 0 Å². The molecule has 2 rings (SSSR count). The molecule has 5 nitrogen and oxygen atoms in total. The lowest BCUT2D eigenvalue weighted by atomic mass is 10.2. The van der Waals surface area contributed by atoms with Gasteiger partial charge in [-0.15, -0.1) is 0 Å². The maximum absolute atomic E-state index is 12.0. The van der Waals surface area contributed by atoms with Gasteiger partial charge in [0.15, 0.2) is 11.5 Å². The van der Waals surface area contributed by atoms with Crippen LogP contribution in [0.15, 0.2) is 48.5 Å². The molecule has 0 heterocycles. The zero-order chi connectivity index (χ0) is 18.8. The number of ether oxygens (including phenoxy) is 2. The average molecular weight is 350 g/mol. The van der Waals surface area contributed by atoms with Crippen LogP contribution >= 0.6 is 0 Å². The molecule has 0 aliphatic carbocycles. The summed E-state index contributed by atoms with van der Waals surface area (Å²) in [5.41, 5.74) is 2.02. The Bertz CT molecular complexity index is 805. The van der Waals surface area contributed by atoms with E-state index in [1.54, 1.807) is 37.5 Å². The van der Waals surface area contributed by atoms with Crippen molar-refractivity contribution >= 4 is 17.7 Å². The van der Waals surface area contributed by atoms with Gasteiger partial charge in [-0.2, -0.15) is 5.26 Å². The lowest BCUT2D eigenvalue weighted by Crippen LogP contribution is -2.07. The van der Waals surface area contributed by atoms with Gasteiger partial charge in [0.25, 0.3) is 0 Å². The summed E-state index contributed by atoms with van der Waals surface area (Å²) < 4.78 is 11.1. The number of amides is 1. The smallest absolute Gasteiger partial charge is 0.248 e. The van der Waals surface area contributed by atoms with Crippen LogP contribution in [0, 0.1) is 11.3 Å². The first-order chi connectivity index (χ1) is 12.7. The molecule has 0 unspecified atom stereocenters. The Morgan fingerprint density at radius 2 is 1.96 bits per heavy atom. The van der Waals surface area contributed by atoms with Gasteiger partial charge in [0, 0.05) is 11.8 Å².